The number of nitrogens with two attached hydrogens (primary N) is 1. The van der Waals surface area contributed by atoms with E-state index in [0.29, 0.717) is 24.2 Å². The Morgan fingerprint density at radius 3 is 2.94 bits per heavy atom. The third kappa shape index (κ3) is 4.01. The summed E-state index contributed by atoms with van der Waals surface area (Å²) < 4.78 is 0. The molecule has 0 aromatic heterocycles. The molecule has 0 saturated heterocycles. The van der Waals surface area contributed by atoms with Crippen molar-refractivity contribution >= 4 is 11.6 Å². The number of carbonyl (C=O) groups is 1. The molecule has 0 aliphatic heterocycles. The van der Waals surface area contributed by atoms with Crippen molar-refractivity contribution in [1.82, 2.24) is 5.32 Å². The molecule has 4 nitrogen and oxygen atoms in total. The molecule has 0 aliphatic rings. The maximum atomic E-state index is 11.6. The number of carbonyl (C=O) groups excluding carboxylic acids is 1. The Balaban J connectivity index is 2.33. The van der Waals surface area contributed by atoms with Crippen molar-refractivity contribution in [1.29, 1.82) is 5.26 Å². The van der Waals surface area contributed by atoms with Gasteiger partial charge < -0.3 is 11.1 Å². The number of rotatable bonds is 5. The van der Waals surface area contributed by atoms with Crippen LogP contribution in [0.1, 0.15) is 29.6 Å². The molecule has 16 heavy (non-hydrogen) atoms. The van der Waals surface area contributed by atoms with Crippen LogP contribution in [0.5, 0.6) is 0 Å². The molecular weight excluding hydrogens is 202 g/mol. The first kappa shape index (κ1) is 12.1. The van der Waals surface area contributed by atoms with Crippen molar-refractivity contribution in [2.24, 2.45) is 0 Å². The minimum Gasteiger partial charge on any atom is -0.399 e. The Bertz CT molecular complexity index is 395. The number of hydrogen-bond acceptors (Lipinski definition) is 3. The summed E-state index contributed by atoms with van der Waals surface area (Å²) in [5.41, 5.74) is 6.73. The average molecular weight is 217 g/mol. The van der Waals surface area contributed by atoms with Gasteiger partial charge in [-0.05, 0) is 31.0 Å². The Hall–Kier alpha value is -2.02. The molecule has 1 aromatic carbocycles. The number of nitrogen functional groups attached to an aromatic ring is 1. The largest absolute Gasteiger partial charge is 0.399 e. The maximum Gasteiger partial charge on any atom is 0.251 e. The molecule has 0 spiro atoms. The molecular formula is C12H15N3O. The van der Waals surface area contributed by atoms with E-state index in [0.717, 1.165) is 12.8 Å². The lowest BCUT2D eigenvalue weighted by molar-refractivity contribution is 0.0953. The van der Waals surface area contributed by atoms with Gasteiger partial charge in [-0.3, -0.25) is 4.79 Å². The first-order valence-corrected chi connectivity index (χ1v) is 5.24. The Labute approximate surface area is 95.1 Å². The van der Waals surface area contributed by atoms with Gasteiger partial charge in [0.2, 0.25) is 0 Å². The van der Waals surface area contributed by atoms with Gasteiger partial charge in [0.05, 0.1) is 6.07 Å². The highest BCUT2D eigenvalue weighted by molar-refractivity contribution is 5.94. The number of unbranched alkanes of at least 4 members (excludes halogenated alkanes) is 2. The number of amides is 1. The van der Waals surface area contributed by atoms with Crippen LogP contribution in [0.15, 0.2) is 24.3 Å². The van der Waals surface area contributed by atoms with E-state index in [4.69, 9.17) is 11.0 Å². The van der Waals surface area contributed by atoms with Crippen molar-refractivity contribution in [2.45, 2.75) is 19.3 Å². The lowest BCUT2D eigenvalue weighted by Gasteiger charge is -2.04. The van der Waals surface area contributed by atoms with Crippen molar-refractivity contribution in [3.63, 3.8) is 0 Å². The first-order chi connectivity index (χ1) is 7.74. The van der Waals surface area contributed by atoms with Gasteiger partial charge in [0.15, 0.2) is 0 Å². The molecule has 0 fully saturated rings. The van der Waals surface area contributed by atoms with Gasteiger partial charge in [-0.1, -0.05) is 6.07 Å². The fourth-order valence-electron chi connectivity index (χ4n) is 1.31. The maximum absolute atomic E-state index is 11.6. The second kappa shape index (κ2) is 6.46. The van der Waals surface area contributed by atoms with Crippen LogP contribution in [0.4, 0.5) is 5.69 Å². The average Bonchev–Trinajstić information content (AvgIpc) is 2.28. The summed E-state index contributed by atoms with van der Waals surface area (Å²) in [6.07, 6.45) is 2.17. The number of nitrogens with one attached hydrogen (secondary N) is 1. The van der Waals surface area contributed by atoms with E-state index in [-0.39, 0.29) is 5.91 Å². The monoisotopic (exact) mass is 217 g/mol. The van der Waals surface area contributed by atoms with E-state index < -0.39 is 0 Å². The lowest BCUT2D eigenvalue weighted by atomic mass is 10.2. The summed E-state index contributed by atoms with van der Waals surface area (Å²) in [6.45, 7) is 0.593. The van der Waals surface area contributed by atoms with Gasteiger partial charge in [-0.2, -0.15) is 5.26 Å². The Morgan fingerprint density at radius 1 is 1.44 bits per heavy atom. The Morgan fingerprint density at radius 2 is 2.25 bits per heavy atom. The van der Waals surface area contributed by atoms with E-state index in [1.165, 1.54) is 0 Å². The molecule has 0 atom stereocenters. The van der Waals surface area contributed by atoms with Crippen LogP contribution in [0.25, 0.3) is 0 Å². The first-order valence-electron chi connectivity index (χ1n) is 5.24. The van der Waals surface area contributed by atoms with E-state index in [2.05, 4.69) is 11.4 Å². The predicted octanol–water partition coefficient (Wildman–Crippen LogP) is 1.69. The van der Waals surface area contributed by atoms with Crippen molar-refractivity contribution in [3.8, 4) is 6.07 Å². The number of nitriles is 1. The van der Waals surface area contributed by atoms with Gasteiger partial charge >= 0.3 is 0 Å². The van der Waals surface area contributed by atoms with Crippen LogP contribution in [0.2, 0.25) is 0 Å². The molecule has 0 saturated carbocycles. The highest BCUT2D eigenvalue weighted by Crippen LogP contribution is 2.06. The molecule has 0 heterocycles. The van der Waals surface area contributed by atoms with Gasteiger partial charge in [-0.15, -0.1) is 0 Å². The summed E-state index contributed by atoms with van der Waals surface area (Å²) in [5, 5.41) is 11.1. The topological polar surface area (TPSA) is 78.9 Å². The van der Waals surface area contributed by atoms with Crippen LogP contribution in [-0.2, 0) is 0 Å². The SMILES string of the molecule is N#CCCCCNC(=O)c1cccc(N)c1. The highest BCUT2D eigenvalue weighted by atomic mass is 16.1. The summed E-state index contributed by atoms with van der Waals surface area (Å²) in [6, 6.07) is 8.92. The third-order valence-corrected chi connectivity index (χ3v) is 2.15. The quantitative estimate of drug-likeness (QED) is 0.582. The number of benzene rings is 1. The van der Waals surface area contributed by atoms with Crippen LogP contribution in [-0.4, -0.2) is 12.5 Å². The van der Waals surface area contributed by atoms with Crippen LogP contribution in [0.3, 0.4) is 0 Å². The zero-order valence-electron chi connectivity index (χ0n) is 9.07. The van der Waals surface area contributed by atoms with E-state index >= 15 is 0 Å². The lowest BCUT2D eigenvalue weighted by Crippen LogP contribution is -2.24. The van der Waals surface area contributed by atoms with Gasteiger partial charge in [0.25, 0.3) is 5.91 Å². The Kier molecular flexibility index (Phi) is 4.87. The molecule has 0 unspecified atom stereocenters. The summed E-state index contributed by atoms with van der Waals surface area (Å²) >= 11 is 0. The van der Waals surface area contributed by atoms with Gasteiger partial charge in [-0.25, -0.2) is 0 Å². The number of anilines is 1. The highest BCUT2D eigenvalue weighted by Gasteiger charge is 2.03. The van der Waals surface area contributed by atoms with Crippen LogP contribution in [0, 0.1) is 11.3 Å². The number of nitrogens with zero attached hydrogens (tertiary/aromatic N) is 1. The third-order valence-electron chi connectivity index (χ3n) is 2.15. The minimum atomic E-state index is -0.121. The van der Waals surface area contributed by atoms with Crippen molar-refractivity contribution in [2.75, 3.05) is 12.3 Å². The molecule has 1 amide bonds. The zero-order valence-corrected chi connectivity index (χ0v) is 9.07. The molecule has 0 aliphatic carbocycles. The molecule has 1 rings (SSSR count). The molecule has 84 valence electrons. The van der Waals surface area contributed by atoms with Crippen LogP contribution < -0.4 is 11.1 Å². The van der Waals surface area contributed by atoms with Gasteiger partial charge in [0.1, 0.15) is 0 Å². The fourth-order valence-corrected chi connectivity index (χ4v) is 1.31. The summed E-state index contributed by atoms with van der Waals surface area (Å²) in [5.74, 6) is -0.121. The van der Waals surface area contributed by atoms with Crippen LogP contribution >= 0.6 is 0 Å². The molecule has 0 bridgehead atoms. The van der Waals surface area contributed by atoms with E-state index in [9.17, 15) is 4.79 Å². The standard InChI is InChI=1S/C12H15N3O/c13-7-2-1-3-8-15-12(16)10-5-4-6-11(14)9-10/h4-6,9H,1-3,8,14H2,(H,15,16). The van der Waals surface area contributed by atoms with Crippen molar-refractivity contribution in [3.05, 3.63) is 29.8 Å². The fraction of sp³-hybridized carbons (Fsp3) is 0.333. The summed E-state index contributed by atoms with van der Waals surface area (Å²) in [4.78, 5) is 11.6. The summed E-state index contributed by atoms with van der Waals surface area (Å²) in [7, 11) is 0. The number of hydrogen-bond donors (Lipinski definition) is 2. The predicted molar refractivity (Wildman–Crippen MR) is 62.7 cm³/mol. The molecule has 1 aromatic rings. The van der Waals surface area contributed by atoms with Crippen molar-refractivity contribution < 1.29 is 4.79 Å². The molecule has 0 radical (unpaired) electrons. The van der Waals surface area contributed by atoms with E-state index in [1.807, 2.05) is 0 Å². The normalized spacial score (nSPS) is 9.44. The van der Waals surface area contributed by atoms with Gasteiger partial charge in [0, 0.05) is 24.2 Å². The minimum absolute atomic E-state index is 0.121. The second-order valence-electron chi connectivity index (χ2n) is 3.50. The molecule has 4 heteroatoms. The smallest absolute Gasteiger partial charge is 0.251 e. The van der Waals surface area contributed by atoms with E-state index in [1.54, 1.807) is 24.3 Å². The molecule has 3 N–H and O–H groups in total. The second-order valence-corrected chi connectivity index (χ2v) is 3.50. The zero-order chi connectivity index (χ0) is 11.8.